The van der Waals surface area contributed by atoms with Gasteiger partial charge < -0.3 is 14.5 Å². The first-order valence-corrected chi connectivity index (χ1v) is 11.8. The van der Waals surface area contributed by atoms with Gasteiger partial charge in [-0.05, 0) is 49.5 Å². The van der Waals surface area contributed by atoms with Crippen LogP contribution in [0.15, 0.2) is 54.6 Å². The van der Waals surface area contributed by atoms with E-state index in [9.17, 15) is 0 Å². The van der Waals surface area contributed by atoms with Crippen molar-refractivity contribution in [3.8, 4) is 5.75 Å². The molecule has 0 radical (unpaired) electrons. The highest BCUT2D eigenvalue weighted by Crippen LogP contribution is 2.35. The number of likely N-dealkylation sites (tertiary alicyclic amines) is 1. The van der Waals surface area contributed by atoms with E-state index < -0.39 is 0 Å². The van der Waals surface area contributed by atoms with Gasteiger partial charge >= 0.3 is 0 Å². The van der Waals surface area contributed by atoms with Crippen LogP contribution < -0.4 is 9.64 Å². The predicted octanol–water partition coefficient (Wildman–Crippen LogP) is 4.20. The number of methoxy groups -OCH3 is 1. The monoisotopic (exact) mass is 425 g/mol. The molecule has 5 heteroatoms. The van der Waals surface area contributed by atoms with Crippen molar-refractivity contribution in [1.29, 1.82) is 0 Å². The molecule has 2 heterocycles. The molecule has 0 aromatic heterocycles. The number of hydrogen-bond acceptors (Lipinski definition) is 5. The first-order valence-electron chi connectivity index (χ1n) is 11.3. The number of piperidine rings is 1. The molecule has 0 amide bonds. The quantitative estimate of drug-likeness (QED) is 0.670. The fourth-order valence-corrected chi connectivity index (χ4v) is 5.27. The van der Waals surface area contributed by atoms with Gasteiger partial charge in [0.25, 0.3) is 0 Å². The largest absolute Gasteiger partial charge is 0.495 e. The van der Waals surface area contributed by atoms with Gasteiger partial charge in [-0.25, -0.2) is 0 Å². The number of piperazine rings is 1. The van der Waals surface area contributed by atoms with E-state index in [0.29, 0.717) is 11.2 Å². The molecule has 2 saturated heterocycles. The summed E-state index contributed by atoms with van der Waals surface area (Å²) in [4.78, 5) is 7.72. The number of thiol groups is 1. The summed E-state index contributed by atoms with van der Waals surface area (Å²) in [5.41, 5.74) is 2.59. The number of ether oxygens (including phenoxy) is 1. The van der Waals surface area contributed by atoms with Crippen molar-refractivity contribution in [1.82, 2.24) is 9.80 Å². The molecule has 0 bridgehead atoms. The molecule has 2 aliphatic heterocycles. The maximum atomic E-state index is 5.54. The van der Waals surface area contributed by atoms with Gasteiger partial charge in [-0.1, -0.05) is 42.5 Å². The first kappa shape index (κ1) is 21.5. The third-order valence-electron chi connectivity index (χ3n) is 6.75. The molecule has 162 valence electrons. The summed E-state index contributed by atoms with van der Waals surface area (Å²) in [6, 6.07) is 19.1. The van der Waals surface area contributed by atoms with Crippen molar-refractivity contribution in [2.24, 2.45) is 5.92 Å². The molecular formula is C25H35N3OS. The average Bonchev–Trinajstić information content (AvgIpc) is 2.83. The number of nitrogens with zero attached hydrogens (tertiary/aromatic N) is 3. The number of hydrogen-bond donors (Lipinski definition) is 1. The van der Waals surface area contributed by atoms with Gasteiger partial charge in [0.1, 0.15) is 5.75 Å². The van der Waals surface area contributed by atoms with Gasteiger partial charge in [0, 0.05) is 44.5 Å². The highest BCUT2D eigenvalue weighted by molar-refractivity contribution is 7.80. The minimum atomic E-state index is 0.372. The molecule has 0 spiro atoms. The third-order valence-corrected chi connectivity index (χ3v) is 7.47. The van der Waals surface area contributed by atoms with Gasteiger partial charge in [0.15, 0.2) is 0 Å². The topological polar surface area (TPSA) is 19.0 Å². The summed E-state index contributed by atoms with van der Waals surface area (Å²) in [6.45, 7) is 9.16. The molecule has 2 aromatic rings. The molecule has 2 aliphatic rings. The van der Waals surface area contributed by atoms with Crippen molar-refractivity contribution >= 4 is 18.3 Å². The highest BCUT2D eigenvalue weighted by Gasteiger charge is 2.26. The van der Waals surface area contributed by atoms with Crippen molar-refractivity contribution in [3.63, 3.8) is 0 Å². The van der Waals surface area contributed by atoms with Gasteiger partial charge in [0.05, 0.1) is 12.8 Å². The standard InChI is InChI=1S/C25H35N3OS/c1-29-24-10-6-5-9-23(24)28-19-17-27(18-20-28)16-15-26-13-11-22(12-14-26)25(30)21-7-3-2-4-8-21/h2-10,22,25,30H,11-20H2,1H3. The van der Waals surface area contributed by atoms with E-state index in [1.54, 1.807) is 7.11 Å². The summed E-state index contributed by atoms with van der Waals surface area (Å²) < 4.78 is 5.54. The summed E-state index contributed by atoms with van der Waals surface area (Å²) >= 11 is 4.94. The number of anilines is 1. The van der Waals surface area contributed by atoms with E-state index >= 15 is 0 Å². The Labute approximate surface area is 187 Å². The number of rotatable bonds is 7. The van der Waals surface area contributed by atoms with Crippen LogP contribution in [-0.2, 0) is 0 Å². The van der Waals surface area contributed by atoms with Crippen LogP contribution in [0.2, 0.25) is 0 Å². The van der Waals surface area contributed by atoms with Crippen LogP contribution in [0, 0.1) is 5.92 Å². The molecular weight excluding hydrogens is 390 g/mol. The molecule has 30 heavy (non-hydrogen) atoms. The van der Waals surface area contributed by atoms with E-state index in [0.717, 1.165) is 31.9 Å². The second kappa shape index (κ2) is 10.6. The second-order valence-electron chi connectivity index (χ2n) is 8.54. The average molecular weight is 426 g/mol. The summed E-state index contributed by atoms with van der Waals surface area (Å²) in [7, 11) is 1.76. The smallest absolute Gasteiger partial charge is 0.142 e. The van der Waals surface area contributed by atoms with Crippen LogP contribution in [0.1, 0.15) is 23.7 Å². The lowest BCUT2D eigenvalue weighted by atomic mass is 9.89. The Bertz CT molecular complexity index is 771. The van der Waals surface area contributed by atoms with Crippen LogP contribution in [0.5, 0.6) is 5.75 Å². The normalized spacial score (nSPS) is 20.3. The van der Waals surface area contributed by atoms with Crippen molar-refractivity contribution < 1.29 is 4.74 Å². The minimum absolute atomic E-state index is 0.372. The van der Waals surface area contributed by atoms with E-state index in [2.05, 4.69) is 63.2 Å². The Morgan fingerprint density at radius 2 is 1.43 bits per heavy atom. The van der Waals surface area contributed by atoms with Crippen molar-refractivity contribution in [3.05, 3.63) is 60.2 Å². The molecule has 1 unspecified atom stereocenters. The second-order valence-corrected chi connectivity index (χ2v) is 9.09. The van der Waals surface area contributed by atoms with Crippen molar-refractivity contribution in [2.45, 2.75) is 18.1 Å². The first-order chi connectivity index (χ1) is 14.7. The van der Waals surface area contributed by atoms with Crippen molar-refractivity contribution in [2.75, 3.05) is 64.4 Å². The summed E-state index contributed by atoms with van der Waals surface area (Å²) in [5, 5.41) is 0.372. The highest BCUT2D eigenvalue weighted by atomic mass is 32.1. The molecule has 0 aliphatic carbocycles. The fraction of sp³-hybridized carbons (Fsp3) is 0.520. The Balaban J connectivity index is 1.18. The number of para-hydroxylation sites is 2. The summed E-state index contributed by atoms with van der Waals surface area (Å²) in [6.07, 6.45) is 2.51. The zero-order valence-electron chi connectivity index (χ0n) is 18.1. The maximum Gasteiger partial charge on any atom is 0.142 e. The predicted molar refractivity (Wildman–Crippen MR) is 129 cm³/mol. The SMILES string of the molecule is COc1ccccc1N1CCN(CCN2CCC(C(S)c3ccccc3)CC2)CC1. The van der Waals surface area contributed by atoms with Crippen LogP contribution in [-0.4, -0.2) is 69.3 Å². The molecule has 0 saturated carbocycles. The summed E-state index contributed by atoms with van der Waals surface area (Å²) in [5.74, 6) is 1.67. The molecule has 1 atom stereocenters. The van der Waals surface area contributed by atoms with Gasteiger partial charge in [-0.3, -0.25) is 4.90 Å². The molecule has 2 fully saturated rings. The van der Waals surface area contributed by atoms with E-state index in [1.807, 2.05) is 6.07 Å². The van der Waals surface area contributed by atoms with Crippen LogP contribution in [0.4, 0.5) is 5.69 Å². The zero-order chi connectivity index (χ0) is 20.8. The van der Waals surface area contributed by atoms with Gasteiger partial charge in [0.2, 0.25) is 0 Å². The van der Waals surface area contributed by atoms with Crippen LogP contribution >= 0.6 is 12.6 Å². The van der Waals surface area contributed by atoms with E-state index in [4.69, 9.17) is 17.4 Å². The van der Waals surface area contributed by atoms with E-state index in [1.165, 1.54) is 50.3 Å². The lowest BCUT2D eigenvalue weighted by Crippen LogP contribution is -2.49. The van der Waals surface area contributed by atoms with Gasteiger partial charge in [-0.2, -0.15) is 12.6 Å². The lowest BCUT2D eigenvalue weighted by molar-refractivity contribution is 0.151. The Morgan fingerprint density at radius 1 is 0.833 bits per heavy atom. The Morgan fingerprint density at radius 3 is 2.10 bits per heavy atom. The third kappa shape index (κ3) is 5.32. The Kier molecular flexibility index (Phi) is 7.58. The van der Waals surface area contributed by atoms with E-state index in [-0.39, 0.29) is 0 Å². The van der Waals surface area contributed by atoms with Gasteiger partial charge in [-0.15, -0.1) is 0 Å². The lowest BCUT2D eigenvalue weighted by Gasteiger charge is -2.39. The molecule has 4 nitrogen and oxygen atoms in total. The van der Waals surface area contributed by atoms with Crippen LogP contribution in [0.25, 0.3) is 0 Å². The minimum Gasteiger partial charge on any atom is -0.495 e. The molecule has 0 N–H and O–H groups in total. The maximum absolute atomic E-state index is 5.54. The number of benzene rings is 2. The Hall–Kier alpha value is -1.69. The molecule has 4 rings (SSSR count). The van der Waals surface area contributed by atoms with Crippen LogP contribution in [0.3, 0.4) is 0 Å². The molecule has 2 aromatic carbocycles. The fourth-order valence-electron chi connectivity index (χ4n) is 4.80. The zero-order valence-corrected chi connectivity index (χ0v) is 19.0.